The normalized spacial score (nSPS) is 10.4. The average Bonchev–Trinajstić information content (AvgIpc) is 2.39. The summed E-state index contributed by atoms with van der Waals surface area (Å²) in [5.74, 6) is 0.868. The van der Waals surface area contributed by atoms with Crippen LogP contribution in [0.5, 0.6) is 0 Å². The van der Waals surface area contributed by atoms with E-state index in [0.717, 1.165) is 28.5 Å². The van der Waals surface area contributed by atoms with Gasteiger partial charge in [0.25, 0.3) is 0 Å². The molecule has 1 heterocycles. The van der Waals surface area contributed by atoms with Crippen molar-refractivity contribution in [1.82, 2.24) is 4.98 Å². The van der Waals surface area contributed by atoms with Crippen molar-refractivity contribution in [3.63, 3.8) is 0 Å². The monoisotopic (exact) mass is 262 g/mol. The molecule has 0 unspecified atom stereocenters. The van der Waals surface area contributed by atoms with Crippen LogP contribution in [0, 0.1) is 0 Å². The van der Waals surface area contributed by atoms with Gasteiger partial charge in [0, 0.05) is 24.8 Å². The highest BCUT2D eigenvalue weighted by Gasteiger charge is 2.04. The number of rotatable bonds is 4. The van der Waals surface area contributed by atoms with Crippen molar-refractivity contribution in [3.05, 3.63) is 58.7 Å². The largest absolute Gasteiger partial charge is 0.392 e. The first-order valence-corrected chi connectivity index (χ1v) is 6.08. The molecule has 1 aromatic heterocycles. The molecule has 0 saturated heterocycles. The molecule has 0 atom stereocenters. The number of aromatic nitrogens is 1. The Kier molecular flexibility index (Phi) is 4.18. The highest BCUT2D eigenvalue weighted by molar-refractivity contribution is 6.30. The maximum atomic E-state index is 8.96. The fourth-order valence-electron chi connectivity index (χ4n) is 1.73. The molecule has 3 nitrogen and oxygen atoms in total. The first-order chi connectivity index (χ1) is 8.69. The van der Waals surface area contributed by atoms with Crippen molar-refractivity contribution in [2.24, 2.45) is 0 Å². The summed E-state index contributed by atoms with van der Waals surface area (Å²) in [6.07, 6.45) is 1.68. The minimum Gasteiger partial charge on any atom is -0.392 e. The van der Waals surface area contributed by atoms with E-state index in [-0.39, 0.29) is 6.61 Å². The molecule has 0 fully saturated rings. The van der Waals surface area contributed by atoms with Gasteiger partial charge in [0.05, 0.1) is 6.61 Å². The SMILES string of the molecule is CN(Cc1cccc(Cl)c1)c1ccc(CO)cn1. The lowest BCUT2D eigenvalue weighted by Crippen LogP contribution is -2.17. The van der Waals surface area contributed by atoms with Crippen molar-refractivity contribution in [1.29, 1.82) is 0 Å². The lowest BCUT2D eigenvalue weighted by molar-refractivity contribution is 0.281. The van der Waals surface area contributed by atoms with E-state index in [1.807, 2.05) is 48.3 Å². The van der Waals surface area contributed by atoms with Crippen molar-refractivity contribution < 1.29 is 5.11 Å². The maximum Gasteiger partial charge on any atom is 0.128 e. The van der Waals surface area contributed by atoms with Gasteiger partial charge in [0.2, 0.25) is 0 Å². The summed E-state index contributed by atoms with van der Waals surface area (Å²) in [6, 6.07) is 11.5. The summed E-state index contributed by atoms with van der Waals surface area (Å²) < 4.78 is 0. The summed E-state index contributed by atoms with van der Waals surface area (Å²) in [6.45, 7) is 0.761. The second-order valence-corrected chi connectivity index (χ2v) is 4.61. The Morgan fingerprint density at radius 2 is 2.06 bits per heavy atom. The molecule has 0 aliphatic carbocycles. The van der Waals surface area contributed by atoms with E-state index in [2.05, 4.69) is 4.98 Å². The zero-order chi connectivity index (χ0) is 13.0. The zero-order valence-electron chi connectivity index (χ0n) is 10.2. The van der Waals surface area contributed by atoms with Crippen LogP contribution in [0.2, 0.25) is 5.02 Å². The highest BCUT2D eigenvalue weighted by Crippen LogP contribution is 2.16. The fraction of sp³-hybridized carbons (Fsp3) is 0.214. The zero-order valence-corrected chi connectivity index (χ0v) is 10.9. The van der Waals surface area contributed by atoms with E-state index in [1.54, 1.807) is 6.20 Å². The Balaban J connectivity index is 2.09. The van der Waals surface area contributed by atoms with Crippen LogP contribution in [0.25, 0.3) is 0 Å². The van der Waals surface area contributed by atoms with Gasteiger partial charge in [-0.3, -0.25) is 0 Å². The molecule has 0 radical (unpaired) electrons. The smallest absolute Gasteiger partial charge is 0.128 e. The number of nitrogens with zero attached hydrogens (tertiary/aromatic N) is 2. The fourth-order valence-corrected chi connectivity index (χ4v) is 1.94. The molecule has 1 aromatic carbocycles. The third kappa shape index (κ3) is 3.22. The number of pyridine rings is 1. The lowest BCUT2D eigenvalue weighted by Gasteiger charge is -2.18. The number of aliphatic hydroxyl groups excluding tert-OH is 1. The van der Waals surface area contributed by atoms with Crippen molar-refractivity contribution in [2.45, 2.75) is 13.2 Å². The number of hydrogen-bond acceptors (Lipinski definition) is 3. The topological polar surface area (TPSA) is 36.4 Å². The van der Waals surface area contributed by atoms with E-state index in [4.69, 9.17) is 16.7 Å². The van der Waals surface area contributed by atoms with Crippen LogP contribution in [0.3, 0.4) is 0 Å². The van der Waals surface area contributed by atoms with E-state index in [9.17, 15) is 0 Å². The van der Waals surface area contributed by atoms with Gasteiger partial charge in [-0.05, 0) is 29.3 Å². The Bertz CT molecular complexity index is 513. The molecule has 0 aliphatic heterocycles. The summed E-state index contributed by atoms with van der Waals surface area (Å²) in [5.41, 5.74) is 1.95. The quantitative estimate of drug-likeness (QED) is 0.921. The van der Waals surface area contributed by atoms with Gasteiger partial charge < -0.3 is 10.0 Å². The summed E-state index contributed by atoms with van der Waals surface area (Å²) in [4.78, 5) is 6.34. The molecular weight excluding hydrogens is 248 g/mol. The Morgan fingerprint density at radius 3 is 2.67 bits per heavy atom. The summed E-state index contributed by atoms with van der Waals surface area (Å²) in [5, 5.41) is 9.70. The van der Waals surface area contributed by atoms with Crippen LogP contribution in [-0.2, 0) is 13.2 Å². The first-order valence-electron chi connectivity index (χ1n) is 5.70. The van der Waals surface area contributed by atoms with Gasteiger partial charge in [0.15, 0.2) is 0 Å². The molecule has 0 bridgehead atoms. The molecule has 0 aliphatic rings. The van der Waals surface area contributed by atoms with Crippen molar-refractivity contribution in [3.8, 4) is 0 Å². The van der Waals surface area contributed by atoms with E-state index >= 15 is 0 Å². The van der Waals surface area contributed by atoms with E-state index in [0.29, 0.717) is 0 Å². The van der Waals surface area contributed by atoms with Gasteiger partial charge in [-0.2, -0.15) is 0 Å². The predicted octanol–water partition coefficient (Wildman–Crippen LogP) is 2.86. The third-order valence-electron chi connectivity index (χ3n) is 2.69. The number of halogens is 1. The minimum atomic E-state index is 0.0191. The minimum absolute atomic E-state index is 0.0191. The Labute approximate surface area is 112 Å². The molecule has 2 rings (SSSR count). The van der Waals surface area contributed by atoms with Crippen molar-refractivity contribution in [2.75, 3.05) is 11.9 Å². The molecular formula is C14H15ClN2O. The second-order valence-electron chi connectivity index (χ2n) is 4.17. The standard InChI is InChI=1S/C14H15ClN2O/c1-17(9-11-3-2-4-13(15)7-11)14-6-5-12(10-18)8-16-14/h2-8,18H,9-10H2,1H3. The lowest BCUT2D eigenvalue weighted by atomic mass is 10.2. The summed E-state index contributed by atoms with van der Waals surface area (Å²) in [7, 11) is 1.97. The second kappa shape index (κ2) is 5.85. The third-order valence-corrected chi connectivity index (χ3v) is 2.93. The van der Waals surface area contributed by atoms with Crippen LogP contribution >= 0.6 is 11.6 Å². The van der Waals surface area contributed by atoms with E-state index < -0.39 is 0 Å². The Hall–Kier alpha value is -1.58. The van der Waals surface area contributed by atoms with Gasteiger partial charge in [-0.1, -0.05) is 29.8 Å². The molecule has 0 amide bonds. The van der Waals surface area contributed by atoms with Gasteiger partial charge in [-0.15, -0.1) is 0 Å². The molecule has 1 N–H and O–H groups in total. The molecule has 0 saturated carbocycles. The van der Waals surface area contributed by atoms with Crippen LogP contribution in [0.4, 0.5) is 5.82 Å². The number of aliphatic hydroxyl groups is 1. The number of anilines is 1. The molecule has 2 aromatic rings. The predicted molar refractivity (Wildman–Crippen MR) is 73.7 cm³/mol. The molecule has 94 valence electrons. The molecule has 4 heteroatoms. The first kappa shape index (κ1) is 12.9. The van der Waals surface area contributed by atoms with Gasteiger partial charge in [0.1, 0.15) is 5.82 Å². The van der Waals surface area contributed by atoms with Crippen LogP contribution in [-0.4, -0.2) is 17.1 Å². The van der Waals surface area contributed by atoms with Crippen LogP contribution in [0.15, 0.2) is 42.6 Å². The Morgan fingerprint density at radius 1 is 1.22 bits per heavy atom. The molecule has 18 heavy (non-hydrogen) atoms. The van der Waals surface area contributed by atoms with Gasteiger partial charge >= 0.3 is 0 Å². The molecule has 0 spiro atoms. The number of hydrogen-bond donors (Lipinski definition) is 1. The summed E-state index contributed by atoms with van der Waals surface area (Å²) >= 11 is 5.95. The van der Waals surface area contributed by atoms with E-state index in [1.165, 1.54) is 0 Å². The number of benzene rings is 1. The van der Waals surface area contributed by atoms with Crippen molar-refractivity contribution >= 4 is 17.4 Å². The highest BCUT2D eigenvalue weighted by atomic mass is 35.5. The maximum absolute atomic E-state index is 8.96. The van der Waals surface area contributed by atoms with Crippen LogP contribution < -0.4 is 4.90 Å². The average molecular weight is 263 g/mol. The van der Waals surface area contributed by atoms with Crippen LogP contribution in [0.1, 0.15) is 11.1 Å². The van der Waals surface area contributed by atoms with Gasteiger partial charge in [-0.25, -0.2) is 4.98 Å².